The summed E-state index contributed by atoms with van der Waals surface area (Å²) in [6, 6.07) is -1.13. The molecule has 1 aliphatic carbocycles. The number of piperidine rings is 1. The second-order valence-electron chi connectivity index (χ2n) is 22.9. The molecule has 15 atom stereocenters. The lowest BCUT2D eigenvalue weighted by Crippen LogP contribution is -2.61. The summed E-state index contributed by atoms with van der Waals surface area (Å²) in [5.41, 5.74) is 1.29. The standard InChI is InChI=1S/C59H95N3O13/c1-38-18-13-12-14-19-39(2)50(70-9)36-46-23-21-44(7)59(69,75-46)56(66)57(67)62-26-16-15-20-47(62)58(68)74-51(37-48(63)40(3)33-43(6)54(65)55(72-11)53(64)42(5)32-38)41(4)34-45-22-24-49(52(35-45)71-10)73-31-17-25-61-29-27-60(8)28-30-61/h12-14,18-19,33,38,40-42,44-47,49-52,54-55,65,69H,15-17,20-32,34-37H2,1-11H3/b14-12?,18-13+,39-19?,43-33+/t38-,40-,41-,42-,44-,45+,46+,47+,49-,50+,51+,52-,54-,55+,59-/m1/s1. The molecule has 4 aliphatic heterocycles. The molecule has 0 spiro atoms. The van der Waals surface area contributed by atoms with E-state index in [2.05, 4.69) is 16.8 Å². The summed E-state index contributed by atoms with van der Waals surface area (Å²) in [6.07, 6.45) is 13.7. The van der Waals surface area contributed by atoms with Crippen LogP contribution in [0.25, 0.3) is 0 Å². The predicted molar refractivity (Wildman–Crippen MR) is 287 cm³/mol. The number of rotatable bonds is 11. The third-order valence-corrected chi connectivity index (χ3v) is 17.0. The molecule has 0 radical (unpaired) electrons. The number of amides is 1. The zero-order chi connectivity index (χ0) is 55.0. The van der Waals surface area contributed by atoms with Gasteiger partial charge in [0.1, 0.15) is 30.1 Å². The monoisotopic (exact) mass is 1050 g/mol. The van der Waals surface area contributed by atoms with E-state index in [-0.39, 0.29) is 60.9 Å². The van der Waals surface area contributed by atoms with Gasteiger partial charge in [-0.3, -0.25) is 19.2 Å². The molecule has 4 heterocycles. The van der Waals surface area contributed by atoms with E-state index in [9.17, 15) is 34.2 Å². The number of likely N-dealkylation sites (N-methyl/N-ethyl adjacent to an activating group) is 1. The number of carbonyl (C=O) groups excluding carboxylic acids is 5. The summed E-state index contributed by atoms with van der Waals surface area (Å²) in [5, 5.41) is 23.6. The molecule has 0 aromatic heterocycles. The van der Waals surface area contributed by atoms with Crippen LogP contribution in [0.2, 0.25) is 0 Å². The molecule has 5 aliphatic rings. The molecule has 1 amide bonds. The highest BCUT2D eigenvalue weighted by atomic mass is 16.6. The number of cyclic esters (lactones) is 1. The van der Waals surface area contributed by atoms with Gasteiger partial charge < -0.3 is 53.3 Å². The van der Waals surface area contributed by atoms with Crippen molar-refractivity contribution < 1.29 is 62.6 Å². The van der Waals surface area contributed by atoms with Gasteiger partial charge >= 0.3 is 5.97 Å². The second kappa shape index (κ2) is 30.1. The number of hydrogen-bond donors (Lipinski definition) is 2. The van der Waals surface area contributed by atoms with E-state index in [0.29, 0.717) is 57.1 Å². The van der Waals surface area contributed by atoms with Crippen molar-refractivity contribution in [1.82, 2.24) is 14.7 Å². The Morgan fingerprint density at radius 1 is 0.813 bits per heavy atom. The lowest BCUT2D eigenvalue weighted by atomic mass is 9.78. The lowest BCUT2D eigenvalue weighted by Gasteiger charge is -2.42. The molecular weight excluding hydrogens is 959 g/mol. The summed E-state index contributed by atoms with van der Waals surface area (Å²) in [4.78, 5) is 77.6. The Morgan fingerprint density at radius 3 is 2.24 bits per heavy atom. The van der Waals surface area contributed by atoms with Gasteiger partial charge in [0.2, 0.25) is 5.79 Å². The number of allylic oxidation sites excluding steroid dienone is 6. The van der Waals surface area contributed by atoms with Crippen molar-refractivity contribution in [2.24, 2.45) is 35.5 Å². The Labute approximate surface area is 448 Å². The average Bonchev–Trinajstić information content (AvgIpc) is 3.39. The third kappa shape index (κ3) is 17.5. The maximum absolute atomic E-state index is 14.6. The van der Waals surface area contributed by atoms with E-state index in [0.717, 1.165) is 64.0 Å². The third-order valence-electron chi connectivity index (χ3n) is 17.0. The number of ether oxygens (including phenoxy) is 6. The largest absolute Gasteiger partial charge is 0.460 e. The van der Waals surface area contributed by atoms with Crippen LogP contribution in [-0.2, 0) is 52.4 Å². The van der Waals surface area contributed by atoms with Gasteiger partial charge in [-0.25, -0.2) is 4.79 Å². The quantitative estimate of drug-likeness (QED) is 0.0946. The van der Waals surface area contributed by atoms with Crippen LogP contribution in [0.5, 0.6) is 0 Å². The van der Waals surface area contributed by atoms with Crippen molar-refractivity contribution in [3.05, 3.63) is 47.6 Å². The number of esters is 1. The summed E-state index contributed by atoms with van der Waals surface area (Å²) in [7, 11) is 6.86. The Kier molecular flexibility index (Phi) is 25.0. The smallest absolute Gasteiger partial charge is 0.329 e. The number of nitrogens with zero attached hydrogens (tertiary/aromatic N) is 3. The minimum Gasteiger partial charge on any atom is -0.460 e. The van der Waals surface area contributed by atoms with E-state index < -0.39 is 77.8 Å². The molecule has 1 saturated carbocycles. The maximum Gasteiger partial charge on any atom is 0.329 e. The van der Waals surface area contributed by atoms with Crippen LogP contribution in [-0.4, -0.2) is 183 Å². The van der Waals surface area contributed by atoms with Gasteiger partial charge in [-0.15, -0.1) is 0 Å². The van der Waals surface area contributed by atoms with Crippen molar-refractivity contribution in [3.8, 4) is 0 Å². The van der Waals surface area contributed by atoms with Crippen LogP contribution in [0, 0.1) is 35.5 Å². The highest BCUT2D eigenvalue weighted by Crippen LogP contribution is 2.38. The topological polar surface area (TPSA) is 191 Å². The number of fused-ring (bicyclic) bond motifs is 3. The summed E-state index contributed by atoms with van der Waals surface area (Å²) in [5.74, 6) is -7.75. The van der Waals surface area contributed by atoms with Crippen molar-refractivity contribution in [1.29, 1.82) is 0 Å². The SMILES string of the molecule is CO[C@H]1C[C@@H]2CC[C@@H](C)[C@@](O)(O2)C(=O)C(=O)N2CCCC[C@H]2C(=O)O[C@H]([C@H](C)C[C@@H]2CC[C@@H](OCCCN3CCN(C)CC3)[C@H](OC)C2)CC(=O)[C@H](C)/C=C(\C)[C@@H](O)[C@@H](OC)C(=O)[C@H](C)C[C@H](C)/C=C/C=CC=C1C. The highest BCUT2D eigenvalue weighted by Gasteiger charge is 2.53. The van der Waals surface area contributed by atoms with Crippen molar-refractivity contribution >= 4 is 29.2 Å². The highest BCUT2D eigenvalue weighted by molar-refractivity contribution is 6.39. The van der Waals surface area contributed by atoms with Gasteiger partial charge in [-0.1, -0.05) is 71.1 Å². The molecule has 0 unspecified atom stereocenters. The molecule has 3 saturated heterocycles. The second-order valence-corrected chi connectivity index (χ2v) is 22.9. The van der Waals surface area contributed by atoms with Crippen LogP contribution in [0.4, 0.5) is 0 Å². The molecule has 2 N–H and O–H groups in total. The van der Waals surface area contributed by atoms with E-state index >= 15 is 0 Å². The first-order valence-electron chi connectivity index (χ1n) is 28.2. The van der Waals surface area contributed by atoms with Gasteiger partial charge in [0.25, 0.3) is 11.7 Å². The fourth-order valence-corrected chi connectivity index (χ4v) is 11.9. The minimum absolute atomic E-state index is 0.0208. The van der Waals surface area contributed by atoms with E-state index in [1.165, 1.54) is 12.0 Å². The number of methoxy groups -OCH3 is 3. The van der Waals surface area contributed by atoms with Crippen LogP contribution >= 0.6 is 0 Å². The summed E-state index contributed by atoms with van der Waals surface area (Å²) in [6.45, 7) is 18.9. The summed E-state index contributed by atoms with van der Waals surface area (Å²) < 4.78 is 36.6. The van der Waals surface area contributed by atoms with Crippen molar-refractivity contribution in [2.45, 2.75) is 186 Å². The van der Waals surface area contributed by atoms with Crippen LogP contribution in [0.15, 0.2) is 47.6 Å². The molecular formula is C59H95N3O13. The van der Waals surface area contributed by atoms with Gasteiger partial charge in [-0.2, -0.15) is 0 Å². The van der Waals surface area contributed by atoms with Crippen LogP contribution < -0.4 is 0 Å². The van der Waals surface area contributed by atoms with Gasteiger partial charge in [0.15, 0.2) is 5.78 Å². The molecule has 75 heavy (non-hydrogen) atoms. The fraction of sp³-hybridized carbons (Fsp3) is 0.780. The van der Waals surface area contributed by atoms with E-state index in [1.807, 2.05) is 58.1 Å². The average molecular weight is 1050 g/mol. The Balaban J connectivity index is 1.40. The van der Waals surface area contributed by atoms with E-state index in [4.69, 9.17) is 28.4 Å². The normalized spacial score (nSPS) is 37.3. The molecule has 424 valence electrons. The molecule has 16 nitrogen and oxygen atoms in total. The van der Waals surface area contributed by atoms with Crippen LogP contribution in [0.1, 0.15) is 132 Å². The molecule has 16 heteroatoms. The molecule has 2 bridgehead atoms. The van der Waals surface area contributed by atoms with Crippen molar-refractivity contribution in [3.63, 3.8) is 0 Å². The molecule has 4 fully saturated rings. The van der Waals surface area contributed by atoms with Crippen LogP contribution in [0.3, 0.4) is 0 Å². The lowest BCUT2D eigenvalue weighted by molar-refractivity contribution is -0.265. The first-order chi connectivity index (χ1) is 35.7. The Bertz CT molecular complexity index is 2000. The first kappa shape index (κ1) is 62.4. The van der Waals surface area contributed by atoms with Gasteiger partial charge in [0, 0.05) is 97.8 Å². The molecule has 5 rings (SSSR count). The van der Waals surface area contributed by atoms with Gasteiger partial charge in [0.05, 0.1) is 24.4 Å². The number of carbonyl (C=O) groups is 5. The first-order valence-corrected chi connectivity index (χ1v) is 28.2. The summed E-state index contributed by atoms with van der Waals surface area (Å²) >= 11 is 0. The Hall–Kier alpha value is -3.45. The minimum atomic E-state index is -2.43. The van der Waals surface area contributed by atoms with Gasteiger partial charge in [-0.05, 0) is 120 Å². The number of piperazine rings is 1. The van der Waals surface area contributed by atoms with Crippen molar-refractivity contribution in [2.75, 3.05) is 74.3 Å². The zero-order valence-corrected chi connectivity index (χ0v) is 47.4. The number of aliphatic hydroxyl groups excluding tert-OH is 1. The predicted octanol–water partition coefficient (Wildman–Crippen LogP) is 6.84. The molecule has 0 aromatic carbocycles. The number of ketones is 3. The number of Topliss-reactive ketones (excluding diaryl/α,β-unsaturated/α-hetero) is 3. The number of hydrogen-bond acceptors (Lipinski definition) is 15. The maximum atomic E-state index is 14.6. The fourth-order valence-electron chi connectivity index (χ4n) is 11.9. The zero-order valence-electron chi connectivity index (χ0n) is 47.4. The van der Waals surface area contributed by atoms with E-state index in [1.54, 1.807) is 41.1 Å². The molecule has 0 aromatic rings. The Morgan fingerprint density at radius 2 is 1.55 bits per heavy atom. The number of aliphatic hydroxyl groups is 2.